The Hall–Kier alpha value is -1.92. The van der Waals surface area contributed by atoms with Gasteiger partial charge in [-0.15, -0.1) is 11.3 Å². The van der Waals surface area contributed by atoms with Gasteiger partial charge in [-0.3, -0.25) is 4.79 Å². The summed E-state index contributed by atoms with van der Waals surface area (Å²) in [5.74, 6) is 0.965. The van der Waals surface area contributed by atoms with Gasteiger partial charge in [0.25, 0.3) is 5.91 Å². The summed E-state index contributed by atoms with van der Waals surface area (Å²) >= 11 is 1.48. The first-order chi connectivity index (χ1) is 12.1. The number of hydrogen-bond donors (Lipinski definition) is 0. The van der Waals surface area contributed by atoms with Gasteiger partial charge in [-0.2, -0.15) is 0 Å². The van der Waals surface area contributed by atoms with Gasteiger partial charge in [-0.25, -0.2) is 4.98 Å². The molecule has 1 aliphatic heterocycles. The average molecular weight is 359 g/mol. The molecule has 1 aromatic heterocycles. The molecule has 1 aliphatic rings. The number of hydrogen-bond acceptors (Lipinski definition) is 5. The molecule has 2 aromatic rings. The van der Waals surface area contributed by atoms with Gasteiger partial charge in [0.15, 0.2) is 0 Å². The molecule has 1 amide bonds. The van der Waals surface area contributed by atoms with Crippen LogP contribution in [0.5, 0.6) is 5.75 Å². The lowest BCUT2D eigenvalue weighted by atomic mass is 10.2. The lowest BCUT2D eigenvalue weighted by molar-refractivity contribution is 0.0766. The van der Waals surface area contributed by atoms with Crippen molar-refractivity contribution in [2.75, 3.05) is 39.8 Å². The number of benzene rings is 1. The molecule has 6 heteroatoms. The Bertz CT molecular complexity index is 727. The van der Waals surface area contributed by atoms with Crippen molar-refractivity contribution >= 4 is 17.2 Å². The second kappa shape index (κ2) is 7.97. The Morgan fingerprint density at radius 3 is 2.68 bits per heavy atom. The summed E-state index contributed by atoms with van der Waals surface area (Å²) in [6.07, 6.45) is 1.02. The van der Waals surface area contributed by atoms with Gasteiger partial charge in [0.2, 0.25) is 0 Å². The fourth-order valence-electron chi connectivity index (χ4n) is 2.97. The fraction of sp³-hybridized carbons (Fsp3) is 0.474. The molecule has 0 unspecified atom stereocenters. The molecule has 2 heterocycles. The van der Waals surface area contributed by atoms with E-state index in [9.17, 15) is 4.79 Å². The normalized spacial score (nSPS) is 15.9. The maximum absolute atomic E-state index is 12.9. The third-order valence-electron chi connectivity index (χ3n) is 4.41. The van der Waals surface area contributed by atoms with E-state index in [0.717, 1.165) is 59.5 Å². The zero-order valence-corrected chi connectivity index (χ0v) is 15.9. The fourth-order valence-corrected chi connectivity index (χ4v) is 4.01. The van der Waals surface area contributed by atoms with Crippen LogP contribution >= 0.6 is 11.3 Å². The molecule has 3 rings (SSSR count). The number of ether oxygens (including phenoxy) is 1. The van der Waals surface area contributed by atoms with E-state index in [1.54, 1.807) is 0 Å². The van der Waals surface area contributed by atoms with Crippen LogP contribution in [0.15, 0.2) is 24.3 Å². The van der Waals surface area contributed by atoms with Crippen molar-refractivity contribution in [2.45, 2.75) is 20.3 Å². The minimum atomic E-state index is 0.113. The van der Waals surface area contributed by atoms with Crippen LogP contribution in [0.1, 0.15) is 28.7 Å². The van der Waals surface area contributed by atoms with E-state index in [-0.39, 0.29) is 5.91 Å². The zero-order chi connectivity index (χ0) is 17.8. The van der Waals surface area contributed by atoms with E-state index in [1.807, 2.05) is 43.0 Å². The van der Waals surface area contributed by atoms with Crippen molar-refractivity contribution in [2.24, 2.45) is 0 Å². The number of carbonyl (C=O) groups is 1. The van der Waals surface area contributed by atoms with Crippen molar-refractivity contribution in [1.29, 1.82) is 0 Å². The highest BCUT2D eigenvalue weighted by molar-refractivity contribution is 7.17. The summed E-state index contributed by atoms with van der Waals surface area (Å²) < 4.78 is 5.48. The smallest absolute Gasteiger partial charge is 0.265 e. The average Bonchev–Trinajstić information content (AvgIpc) is 2.86. The molecule has 0 N–H and O–H groups in total. The minimum absolute atomic E-state index is 0.113. The van der Waals surface area contributed by atoms with Gasteiger partial charge >= 0.3 is 0 Å². The van der Waals surface area contributed by atoms with Gasteiger partial charge in [0, 0.05) is 25.2 Å². The third-order valence-corrected chi connectivity index (χ3v) is 5.60. The van der Waals surface area contributed by atoms with Crippen molar-refractivity contribution in [3.05, 3.63) is 34.8 Å². The largest absolute Gasteiger partial charge is 0.494 e. The van der Waals surface area contributed by atoms with Gasteiger partial charge in [-0.05, 0) is 58.1 Å². The molecule has 0 spiro atoms. The monoisotopic (exact) mass is 359 g/mol. The van der Waals surface area contributed by atoms with E-state index in [0.29, 0.717) is 6.61 Å². The molecule has 0 bridgehead atoms. The molecule has 0 saturated carbocycles. The Morgan fingerprint density at radius 2 is 1.96 bits per heavy atom. The van der Waals surface area contributed by atoms with E-state index in [2.05, 4.69) is 16.9 Å². The highest BCUT2D eigenvalue weighted by Crippen LogP contribution is 2.30. The van der Waals surface area contributed by atoms with E-state index in [1.165, 1.54) is 11.3 Å². The number of aromatic nitrogens is 1. The number of amides is 1. The van der Waals surface area contributed by atoms with E-state index in [4.69, 9.17) is 4.74 Å². The Labute approximate surface area is 153 Å². The zero-order valence-electron chi connectivity index (χ0n) is 15.1. The van der Waals surface area contributed by atoms with Crippen LogP contribution < -0.4 is 4.74 Å². The molecule has 25 heavy (non-hydrogen) atoms. The molecule has 134 valence electrons. The molecular formula is C19H25N3O2S. The Kier molecular flexibility index (Phi) is 5.71. The Morgan fingerprint density at radius 1 is 1.20 bits per heavy atom. The summed E-state index contributed by atoms with van der Waals surface area (Å²) in [6.45, 7) is 8.11. The van der Waals surface area contributed by atoms with Gasteiger partial charge in [0.05, 0.1) is 12.3 Å². The molecule has 1 fully saturated rings. The highest BCUT2D eigenvalue weighted by Gasteiger charge is 2.23. The lowest BCUT2D eigenvalue weighted by Crippen LogP contribution is -2.34. The molecule has 0 atom stereocenters. The summed E-state index contributed by atoms with van der Waals surface area (Å²) in [7, 11) is 2.11. The summed E-state index contributed by atoms with van der Waals surface area (Å²) in [4.78, 5) is 22.6. The van der Waals surface area contributed by atoms with Crippen molar-refractivity contribution < 1.29 is 9.53 Å². The van der Waals surface area contributed by atoms with Gasteiger partial charge in [-0.1, -0.05) is 0 Å². The number of rotatable bonds is 4. The molecule has 1 saturated heterocycles. The van der Waals surface area contributed by atoms with Crippen LogP contribution in [-0.2, 0) is 0 Å². The standard InChI is InChI=1S/C19H25N3O2S/c1-4-24-16-8-6-15(7-9-16)18-20-14(2)17(25-18)19(23)22-11-5-10-21(3)12-13-22/h6-9H,4-5,10-13H2,1-3H3. The maximum Gasteiger partial charge on any atom is 0.265 e. The first-order valence-corrected chi connectivity index (χ1v) is 9.58. The maximum atomic E-state index is 12.9. The van der Waals surface area contributed by atoms with E-state index >= 15 is 0 Å². The molecule has 0 radical (unpaired) electrons. The third kappa shape index (κ3) is 4.19. The highest BCUT2D eigenvalue weighted by atomic mass is 32.1. The molecule has 5 nitrogen and oxygen atoms in total. The predicted octanol–water partition coefficient (Wildman–Crippen LogP) is 3.29. The van der Waals surface area contributed by atoms with Crippen LogP contribution in [-0.4, -0.2) is 60.5 Å². The minimum Gasteiger partial charge on any atom is -0.494 e. The van der Waals surface area contributed by atoms with E-state index < -0.39 is 0 Å². The molecule has 0 aliphatic carbocycles. The quantitative estimate of drug-likeness (QED) is 0.840. The van der Waals surface area contributed by atoms with Gasteiger partial charge in [0.1, 0.15) is 15.6 Å². The van der Waals surface area contributed by atoms with Crippen LogP contribution in [0.25, 0.3) is 10.6 Å². The number of likely N-dealkylation sites (N-methyl/N-ethyl adjacent to an activating group) is 1. The van der Waals surface area contributed by atoms with Crippen LogP contribution in [0.3, 0.4) is 0 Å². The molecular weight excluding hydrogens is 334 g/mol. The lowest BCUT2D eigenvalue weighted by Gasteiger charge is -2.19. The first kappa shape index (κ1) is 17.9. The summed E-state index contributed by atoms with van der Waals surface area (Å²) in [5, 5.41) is 0.885. The second-order valence-electron chi connectivity index (χ2n) is 6.34. The number of thiazole rings is 1. The topological polar surface area (TPSA) is 45.7 Å². The first-order valence-electron chi connectivity index (χ1n) is 8.77. The number of aryl methyl sites for hydroxylation is 1. The predicted molar refractivity (Wildman–Crippen MR) is 101 cm³/mol. The van der Waals surface area contributed by atoms with Crippen LogP contribution in [0.2, 0.25) is 0 Å². The molecule has 1 aromatic carbocycles. The van der Waals surface area contributed by atoms with Crippen LogP contribution in [0.4, 0.5) is 0 Å². The number of nitrogens with zero attached hydrogens (tertiary/aromatic N) is 3. The number of carbonyl (C=O) groups excluding carboxylic acids is 1. The second-order valence-corrected chi connectivity index (χ2v) is 7.34. The van der Waals surface area contributed by atoms with Crippen molar-refractivity contribution in [3.63, 3.8) is 0 Å². The van der Waals surface area contributed by atoms with Crippen molar-refractivity contribution in [3.8, 4) is 16.3 Å². The van der Waals surface area contributed by atoms with Gasteiger partial charge < -0.3 is 14.5 Å². The van der Waals surface area contributed by atoms with Crippen LogP contribution in [0, 0.1) is 6.92 Å². The Balaban J connectivity index is 1.78. The van der Waals surface area contributed by atoms with Crippen molar-refractivity contribution in [1.82, 2.24) is 14.8 Å². The summed E-state index contributed by atoms with van der Waals surface area (Å²) in [5.41, 5.74) is 1.84. The summed E-state index contributed by atoms with van der Waals surface area (Å²) in [6, 6.07) is 7.89. The SMILES string of the molecule is CCOc1ccc(-c2nc(C)c(C(=O)N3CCCN(C)CC3)s2)cc1.